The summed E-state index contributed by atoms with van der Waals surface area (Å²) in [5.41, 5.74) is 0. The third-order valence-electron chi connectivity index (χ3n) is 3.14. The molecule has 0 unspecified atom stereocenters. The van der Waals surface area contributed by atoms with Gasteiger partial charge in [-0.15, -0.1) is 0 Å². The molecule has 0 atom stereocenters. The molecule has 0 bridgehead atoms. The van der Waals surface area contributed by atoms with E-state index in [0.29, 0.717) is 19.6 Å². The minimum Gasteiger partial charge on any atom is -0.343 e. The molecule has 1 saturated heterocycles. The monoisotopic (exact) mass is 262 g/mol. The van der Waals surface area contributed by atoms with E-state index in [2.05, 4.69) is 6.92 Å². The molecule has 0 spiro atoms. The van der Waals surface area contributed by atoms with E-state index in [1.165, 1.54) is 10.6 Å². The number of hydrogen-bond donors (Lipinski definition) is 0. The topological polar surface area (TPSA) is 57.7 Å². The summed E-state index contributed by atoms with van der Waals surface area (Å²) in [6.07, 6.45) is 3.24. The van der Waals surface area contributed by atoms with Crippen LogP contribution in [-0.4, -0.2) is 56.0 Å². The number of amides is 1. The van der Waals surface area contributed by atoms with E-state index in [0.717, 1.165) is 19.4 Å². The number of hydrogen-bond acceptors (Lipinski definition) is 3. The van der Waals surface area contributed by atoms with Crippen LogP contribution in [0, 0.1) is 5.92 Å². The van der Waals surface area contributed by atoms with E-state index >= 15 is 0 Å². The SMILES string of the molecule is CCCCN(CC)C(=O)C1CN(S(C)(=O)=O)C1. The van der Waals surface area contributed by atoms with Crippen LogP contribution in [0.25, 0.3) is 0 Å². The Kier molecular flexibility index (Phi) is 4.94. The molecule has 1 rings (SSSR count). The van der Waals surface area contributed by atoms with Crippen molar-refractivity contribution in [2.24, 2.45) is 5.92 Å². The summed E-state index contributed by atoms with van der Waals surface area (Å²) in [7, 11) is -3.12. The fourth-order valence-corrected chi connectivity index (χ4v) is 2.80. The Bertz CT molecular complexity index is 361. The molecule has 0 aromatic rings. The highest BCUT2D eigenvalue weighted by Gasteiger charge is 2.39. The number of rotatable bonds is 6. The Morgan fingerprint density at radius 2 is 1.94 bits per heavy atom. The van der Waals surface area contributed by atoms with E-state index in [4.69, 9.17) is 0 Å². The molecule has 0 saturated carbocycles. The predicted molar refractivity (Wildman–Crippen MR) is 67.1 cm³/mol. The Labute approximate surface area is 104 Å². The third-order valence-corrected chi connectivity index (χ3v) is 4.38. The lowest BCUT2D eigenvalue weighted by atomic mass is 10.0. The summed E-state index contributed by atoms with van der Waals surface area (Å²) in [4.78, 5) is 13.9. The predicted octanol–water partition coefficient (Wildman–Crippen LogP) is 0.526. The fourth-order valence-electron chi connectivity index (χ4n) is 1.90. The van der Waals surface area contributed by atoms with Gasteiger partial charge in [-0.3, -0.25) is 4.79 Å². The van der Waals surface area contributed by atoms with Crippen molar-refractivity contribution in [3.05, 3.63) is 0 Å². The second kappa shape index (κ2) is 5.82. The van der Waals surface area contributed by atoms with E-state index in [1.807, 2.05) is 11.8 Å². The second-order valence-electron chi connectivity index (χ2n) is 4.55. The van der Waals surface area contributed by atoms with Gasteiger partial charge in [0.25, 0.3) is 0 Å². The van der Waals surface area contributed by atoms with Crippen LogP contribution >= 0.6 is 0 Å². The Balaban J connectivity index is 2.45. The van der Waals surface area contributed by atoms with Gasteiger partial charge in [0.15, 0.2) is 0 Å². The maximum Gasteiger partial charge on any atom is 0.228 e. The Morgan fingerprint density at radius 1 is 1.35 bits per heavy atom. The molecule has 0 aromatic carbocycles. The molecule has 0 radical (unpaired) electrons. The molecule has 5 nitrogen and oxygen atoms in total. The van der Waals surface area contributed by atoms with Gasteiger partial charge in [-0.2, -0.15) is 0 Å². The highest BCUT2D eigenvalue weighted by atomic mass is 32.2. The molecule has 0 aromatic heterocycles. The zero-order valence-electron chi connectivity index (χ0n) is 10.8. The zero-order valence-corrected chi connectivity index (χ0v) is 11.7. The first kappa shape index (κ1) is 14.4. The molecular weight excluding hydrogens is 240 g/mol. The van der Waals surface area contributed by atoms with E-state index in [-0.39, 0.29) is 11.8 Å². The van der Waals surface area contributed by atoms with Gasteiger partial charge in [-0.1, -0.05) is 13.3 Å². The van der Waals surface area contributed by atoms with Crippen LogP contribution in [0.3, 0.4) is 0 Å². The van der Waals surface area contributed by atoms with Crippen molar-refractivity contribution in [2.75, 3.05) is 32.4 Å². The van der Waals surface area contributed by atoms with Crippen molar-refractivity contribution >= 4 is 15.9 Å². The summed E-state index contributed by atoms with van der Waals surface area (Å²) >= 11 is 0. The van der Waals surface area contributed by atoms with Crippen LogP contribution in [0.5, 0.6) is 0 Å². The zero-order chi connectivity index (χ0) is 13.1. The molecule has 1 amide bonds. The largest absolute Gasteiger partial charge is 0.343 e. The molecular formula is C11H22N2O3S. The molecule has 0 N–H and O–H groups in total. The highest BCUT2D eigenvalue weighted by molar-refractivity contribution is 7.88. The van der Waals surface area contributed by atoms with Gasteiger partial charge < -0.3 is 4.90 Å². The summed E-state index contributed by atoms with van der Waals surface area (Å²) in [6, 6.07) is 0. The number of carbonyl (C=O) groups is 1. The van der Waals surface area contributed by atoms with E-state index < -0.39 is 10.0 Å². The molecule has 1 fully saturated rings. The lowest BCUT2D eigenvalue weighted by Gasteiger charge is -2.38. The Hall–Kier alpha value is -0.620. The average molecular weight is 262 g/mol. The quantitative estimate of drug-likeness (QED) is 0.701. The van der Waals surface area contributed by atoms with Gasteiger partial charge in [0.2, 0.25) is 15.9 Å². The van der Waals surface area contributed by atoms with Gasteiger partial charge in [-0.05, 0) is 13.3 Å². The smallest absolute Gasteiger partial charge is 0.228 e. The lowest BCUT2D eigenvalue weighted by Crippen LogP contribution is -2.56. The molecule has 0 aliphatic carbocycles. The van der Waals surface area contributed by atoms with Crippen molar-refractivity contribution in [1.82, 2.24) is 9.21 Å². The molecule has 1 aliphatic heterocycles. The van der Waals surface area contributed by atoms with Gasteiger partial charge in [0.1, 0.15) is 0 Å². The van der Waals surface area contributed by atoms with Gasteiger partial charge in [0.05, 0.1) is 12.2 Å². The second-order valence-corrected chi connectivity index (χ2v) is 6.53. The fraction of sp³-hybridized carbons (Fsp3) is 0.909. The van der Waals surface area contributed by atoms with Crippen LogP contribution in [-0.2, 0) is 14.8 Å². The first-order valence-electron chi connectivity index (χ1n) is 6.14. The van der Waals surface area contributed by atoms with Gasteiger partial charge in [0, 0.05) is 26.2 Å². The van der Waals surface area contributed by atoms with E-state index in [9.17, 15) is 13.2 Å². The molecule has 1 aliphatic rings. The first-order chi connectivity index (χ1) is 7.90. The van der Waals surface area contributed by atoms with Crippen molar-refractivity contribution in [1.29, 1.82) is 0 Å². The van der Waals surface area contributed by atoms with Crippen LogP contribution in [0.15, 0.2) is 0 Å². The van der Waals surface area contributed by atoms with Crippen LogP contribution in [0.2, 0.25) is 0 Å². The highest BCUT2D eigenvalue weighted by Crippen LogP contribution is 2.21. The number of nitrogens with zero attached hydrogens (tertiary/aromatic N) is 2. The Morgan fingerprint density at radius 3 is 2.35 bits per heavy atom. The normalized spacial score (nSPS) is 17.8. The molecule has 17 heavy (non-hydrogen) atoms. The van der Waals surface area contributed by atoms with Crippen molar-refractivity contribution in [2.45, 2.75) is 26.7 Å². The van der Waals surface area contributed by atoms with Crippen molar-refractivity contribution in [3.63, 3.8) is 0 Å². The van der Waals surface area contributed by atoms with Crippen molar-refractivity contribution in [3.8, 4) is 0 Å². The van der Waals surface area contributed by atoms with E-state index in [1.54, 1.807) is 0 Å². The maximum atomic E-state index is 12.0. The van der Waals surface area contributed by atoms with Gasteiger partial charge >= 0.3 is 0 Å². The van der Waals surface area contributed by atoms with Gasteiger partial charge in [-0.25, -0.2) is 12.7 Å². The van der Waals surface area contributed by atoms with Crippen LogP contribution < -0.4 is 0 Å². The molecule has 6 heteroatoms. The molecule has 100 valence electrons. The lowest BCUT2D eigenvalue weighted by molar-refractivity contribution is -0.138. The minimum absolute atomic E-state index is 0.0980. The summed E-state index contributed by atoms with van der Waals surface area (Å²) in [5, 5.41) is 0. The third kappa shape index (κ3) is 3.67. The summed E-state index contributed by atoms with van der Waals surface area (Å²) in [5.74, 6) is -0.0395. The standard InChI is InChI=1S/C11H22N2O3S/c1-4-6-7-12(5-2)11(14)10-8-13(9-10)17(3,15)16/h10H,4-9H2,1-3H3. The number of unbranched alkanes of at least 4 members (excludes halogenated alkanes) is 1. The average Bonchev–Trinajstić information content (AvgIpc) is 2.14. The first-order valence-corrected chi connectivity index (χ1v) is 7.98. The minimum atomic E-state index is -3.12. The molecule has 1 heterocycles. The van der Waals surface area contributed by atoms with Crippen LogP contribution in [0.4, 0.5) is 0 Å². The number of carbonyl (C=O) groups excluding carboxylic acids is 1. The summed E-state index contributed by atoms with van der Waals surface area (Å²) in [6.45, 7) is 6.23. The summed E-state index contributed by atoms with van der Waals surface area (Å²) < 4.78 is 23.7. The van der Waals surface area contributed by atoms with Crippen LogP contribution in [0.1, 0.15) is 26.7 Å². The van der Waals surface area contributed by atoms with Crippen molar-refractivity contribution < 1.29 is 13.2 Å². The number of sulfonamides is 1. The maximum absolute atomic E-state index is 12.0.